The minimum Gasteiger partial charge on any atom is -0.421 e. The molecule has 2 rings (SSSR count). The van der Waals surface area contributed by atoms with Crippen LogP contribution in [0.15, 0.2) is 22.6 Å². The van der Waals surface area contributed by atoms with Gasteiger partial charge in [0.15, 0.2) is 0 Å². The molecule has 5 nitrogen and oxygen atoms in total. The molecule has 7 heteroatoms. The number of halogens is 2. The highest BCUT2D eigenvalue weighted by molar-refractivity contribution is 6.29. The number of aromatic nitrogens is 2. The summed E-state index contributed by atoms with van der Waals surface area (Å²) in [7, 11) is 0. The number of alkyl halides is 1. The predicted molar refractivity (Wildman–Crippen MR) is 63.8 cm³/mol. The zero-order chi connectivity index (χ0) is 13.1. The fourth-order valence-corrected chi connectivity index (χ4v) is 1.46. The van der Waals surface area contributed by atoms with Crippen LogP contribution in [0, 0.1) is 12.7 Å². The second-order valence-corrected chi connectivity index (χ2v) is 3.77. The number of amides is 1. The molecule has 0 bridgehead atoms. The lowest BCUT2D eigenvalue weighted by Gasteiger charge is -2.07. The summed E-state index contributed by atoms with van der Waals surface area (Å²) in [6.07, 6.45) is 0. The molecule has 0 fully saturated rings. The number of anilines is 1. The molecular weight excluding hydrogens is 261 g/mol. The summed E-state index contributed by atoms with van der Waals surface area (Å²) in [4.78, 5) is 11.3. The van der Waals surface area contributed by atoms with Crippen molar-refractivity contribution in [2.24, 2.45) is 0 Å². The first-order chi connectivity index (χ1) is 8.60. The van der Waals surface area contributed by atoms with Crippen LogP contribution in [-0.4, -0.2) is 22.0 Å². The van der Waals surface area contributed by atoms with E-state index in [0.717, 1.165) is 0 Å². The molecule has 0 atom stereocenters. The molecule has 1 aromatic carbocycles. The maximum Gasteiger partial charge on any atom is 0.249 e. The number of benzene rings is 1. The summed E-state index contributed by atoms with van der Waals surface area (Å²) in [5.74, 6) is -0.578. The lowest BCUT2D eigenvalue weighted by Crippen LogP contribution is -2.13. The third-order valence-corrected chi connectivity index (χ3v) is 2.38. The summed E-state index contributed by atoms with van der Waals surface area (Å²) < 4.78 is 18.4. The van der Waals surface area contributed by atoms with Gasteiger partial charge in [0.25, 0.3) is 0 Å². The Balaban J connectivity index is 2.44. The molecule has 94 valence electrons. The summed E-state index contributed by atoms with van der Waals surface area (Å²) in [5, 5.41) is 9.97. The Labute approximate surface area is 107 Å². The number of nitrogens with one attached hydrogen (secondary N) is 1. The molecule has 0 spiro atoms. The smallest absolute Gasteiger partial charge is 0.249 e. The lowest BCUT2D eigenvalue weighted by atomic mass is 10.1. The van der Waals surface area contributed by atoms with E-state index in [4.69, 9.17) is 16.0 Å². The van der Waals surface area contributed by atoms with Crippen molar-refractivity contribution >= 4 is 23.2 Å². The highest BCUT2D eigenvalue weighted by atomic mass is 35.5. The van der Waals surface area contributed by atoms with Gasteiger partial charge in [0, 0.05) is 6.92 Å². The predicted octanol–water partition coefficient (Wildman–Crippen LogP) is 2.36. The molecule has 1 N–H and O–H groups in total. The van der Waals surface area contributed by atoms with E-state index in [1.54, 1.807) is 6.92 Å². The molecule has 0 aliphatic heterocycles. The van der Waals surface area contributed by atoms with Crippen LogP contribution in [0.2, 0.25) is 0 Å². The fraction of sp³-hybridized carbons (Fsp3) is 0.182. The van der Waals surface area contributed by atoms with Crippen molar-refractivity contribution in [1.82, 2.24) is 10.2 Å². The molecule has 1 aromatic heterocycles. The van der Waals surface area contributed by atoms with Crippen LogP contribution in [0.25, 0.3) is 11.5 Å². The molecule has 1 amide bonds. The van der Waals surface area contributed by atoms with Gasteiger partial charge in [-0.05, 0) is 18.2 Å². The molecule has 0 unspecified atom stereocenters. The number of nitrogens with zero attached hydrogens (tertiary/aromatic N) is 2. The Bertz CT molecular complexity index is 585. The fourth-order valence-electron chi connectivity index (χ4n) is 1.39. The Morgan fingerprint density at radius 3 is 2.89 bits per heavy atom. The molecule has 18 heavy (non-hydrogen) atoms. The first kappa shape index (κ1) is 12.5. The summed E-state index contributed by atoms with van der Waals surface area (Å²) in [5.41, 5.74) is 0.680. The quantitative estimate of drug-likeness (QED) is 0.869. The number of rotatable bonds is 3. The second-order valence-electron chi connectivity index (χ2n) is 3.50. The van der Waals surface area contributed by atoms with Crippen LogP contribution < -0.4 is 5.32 Å². The number of carbonyl (C=O) groups excluding carboxylic acids is 1. The number of hydrogen-bond donors (Lipinski definition) is 1. The van der Waals surface area contributed by atoms with Crippen LogP contribution in [-0.2, 0) is 4.79 Å². The van der Waals surface area contributed by atoms with Crippen molar-refractivity contribution < 1.29 is 13.6 Å². The van der Waals surface area contributed by atoms with Crippen molar-refractivity contribution in [3.8, 4) is 11.5 Å². The molecule has 0 saturated carbocycles. The Hall–Kier alpha value is -1.95. The molecule has 0 aliphatic carbocycles. The van der Waals surface area contributed by atoms with Gasteiger partial charge >= 0.3 is 0 Å². The SMILES string of the molecule is Cc1nnc(-c2cc(F)ccc2NC(=O)CCl)o1. The third-order valence-electron chi connectivity index (χ3n) is 2.13. The van der Waals surface area contributed by atoms with Crippen LogP contribution in [0.4, 0.5) is 10.1 Å². The van der Waals surface area contributed by atoms with Crippen molar-refractivity contribution in [3.05, 3.63) is 29.9 Å². The first-order valence-corrected chi connectivity index (χ1v) is 5.59. The van der Waals surface area contributed by atoms with Crippen molar-refractivity contribution in [1.29, 1.82) is 0 Å². The van der Waals surface area contributed by atoms with Crippen molar-refractivity contribution in [2.45, 2.75) is 6.92 Å². The standard InChI is InChI=1S/C11H9ClFN3O2/c1-6-15-16-11(18-6)8-4-7(13)2-3-9(8)14-10(17)5-12/h2-4H,5H2,1H3,(H,14,17). The van der Waals surface area contributed by atoms with Crippen LogP contribution >= 0.6 is 11.6 Å². The van der Waals surface area contributed by atoms with Gasteiger partial charge in [0.05, 0.1) is 11.3 Å². The molecule has 0 radical (unpaired) electrons. The molecular formula is C11H9ClFN3O2. The van der Waals surface area contributed by atoms with E-state index in [9.17, 15) is 9.18 Å². The average Bonchev–Trinajstić information content (AvgIpc) is 2.78. The highest BCUT2D eigenvalue weighted by Crippen LogP contribution is 2.27. The summed E-state index contributed by atoms with van der Waals surface area (Å²) >= 11 is 5.40. The van der Waals surface area contributed by atoms with E-state index in [1.165, 1.54) is 18.2 Å². The average molecular weight is 270 g/mol. The van der Waals surface area contributed by atoms with Gasteiger partial charge in [-0.15, -0.1) is 21.8 Å². The monoisotopic (exact) mass is 269 g/mol. The minimum absolute atomic E-state index is 0.136. The van der Waals surface area contributed by atoms with E-state index < -0.39 is 11.7 Å². The lowest BCUT2D eigenvalue weighted by molar-refractivity contribution is -0.113. The first-order valence-electron chi connectivity index (χ1n) is 5.06. The number of carbonyl (C=O) groups is 1. The molecule has 0 saturated heterocycles. The largest absolute Gasteiger partial charge is 0.421 e. The van der Waals surface area contributed by atoms with Crippen LogP contribution in [0.5, 0.6) is 0 Å². The van der Waals surface area contributed by atoms with E-state index in [0.29, 0.717) is 17.1 Å². The van der Waals surface area contributed by atoms with Crippen molar-refractivity contribution in [2.75, 3.05) is 11.2 Å². The maximum atomic E-state index is 13.2. The minimum atomic E-state index is -0.468. The third kappa shape index (κ3) is 2.65. The van der Waals surface area contributed by atoms with Gasteiger partial charge in [-0.25, -0.2) is 4.39 Å². The van der Waals surface area contributed by atoms with E-state index >= 15 is 0 Å². The van der Waals surface area contributed by atoms with Gasteiger partial charge in [0.1, 0.15) is 11.7 Å². The van der Waals surface area contributed by atoms with Gasteiger partial charge < -0.3 is 9.73 Å². The van der Waals surface area contributed by atoms with E-state index in [2.05, 4.69) is 15.5 Å². The highest BCUT2D eigenvalue weighted by Gasteiger charge is 2.14. The Morgan fingerprint density at radius 1 is 1.50 bits per heavy atom. The zero-order valence-electron chi connectivity index (χ0n) is 9.41. The summed E-state index contributed by atoms with van der Waals surface area (Å²) in [6, 6.07) is 3.84. The molecule has 2 aromatic rings. The Morgan fingerprint density at radius 2 is 2.28 bits per heavy atom. The van der Waals surface area contributed by atoms with Gasteiger partial charge in [-0.2, -0.15) is 0 Å². The molecule has 0 aliphatic rings. The normalized spacial score (nSPS) is 10.4. The molecule has 1 heterocycles. The van der Waals surface area contributed by atoms with Crippen LogP contribution in [0.3, 0.4) is 0 Å². The summed E-state index contributed by atoms with van der Waals surface area (Å²) in [6.45, 7) is 1.62. The Kier molecular flexibility index (Phi) is 3.57. The topological polar surface area (TPSA) is 68.0 Å². The number of hydrogen-bond acceptors (Lipinski definition) is 4. The zero-order valence-corrected chi connectivity index (χ0v) is 10.2. The number of aryl methyl sites for hydroxylation is 1. The van der Waals surface area contributed by atoms with E-state index in [-0.39, 0.29) is 11.8 Å². The van der Waals surface area contributed by atoms with Crippen LogP contribution in [0.1, 0.15) is 5.89 Å². The van der Waals surface area contributed by atoms with Gasteiger partial charge in [-0.3, -0.25) is 4.79 Å². The van der Waals surface area contributed by atoms with E-state index in [1.807, 2.05) is 0 Å². The van der Waals surface area contributed by atoms with Gasteiger partial charge in [0.2, 0.25) is 17.7 Å². The van der Waals surface area contributed by atoms with Crippen molar-refractivity contribution in [3.63, 3.8) is 0 Å². The van der Waals surface area contributed by atoms with Gasteiger partial charge in [-0.1, -0.05) is 0 Å². The second kappa shape index (κ2) is 5.14. The maximum absolute atomic E-state index is 13.2.